The molecule has 2 rings (SSSR count). The molecule has 2 N–H and O–H groups in total. The first-order valence-electron chi connectivity index (χ1n) is 6.17. The molecule has 2 nitrogen and oxygen atoms in total. The molecular formula is C16H19NO. The molecule has 0 unspecified atom stereocenters. The average molecular weight is 241 g/mol. The predicted molar refractivity (Wildman–Crippen MR) is 75.0 cm³/mol. The van der Waals surface area contributed by atoms with Crippen molar-refractivity contribution in [2.75, 3.05) is 0 Å². The Balaban J connectivity index is 2.18. The fraction of sp³-hybridized carbons (Fsp3) is 0.250. The summed E-state index contributed by atoms with van der Waals surface area (Å²) in [7, 11) is 0. The molecule has 0 aliphatic carbocycles. The minimum Gasteiger partial charge on any atom is -0.457 e. The lowest BCUT2D eigenvalue weighted by Gasteiger charge is -2.11. The van der Waals surface area contributed by atoms with E-state index in [4.69, 9.17) is 10.5 Å². The van der Waals surface area contributed by atoms with Gasteiger partial charge in [-0.15, -0.1) is 0 Å². The molecule has 0 saturated heterocycles. The summed E-state index contributed by atoms with van der Waals surface area (Å²) >= 11 is 0. The number of hydrogen-bond donors (Lipinski definition) is 1. The summed E-state index contributed by atoms with van der Waals surface area (Å²) in [6.45, 7) is 6.10. The zero-order valence-corrected chi connectivity index (χ0v) is 11.1. The van der Waals surface area contributed by atoms with Crippen molar-refractivity contribution in [2.24, 2.45) is 5.73 Å². The fourth-order valence-corrected chi connectivity index (χ4v) is 1.88. The Hall–Kier alpha value is -1.80. The van der Waals surface area contributed by atoms with Crippen molar-refractivity contribution < 1.29 is 4.74 Å². The standard InChI is InChI=1S/C16H19NO/c1-11-4-9-16(12(2)10-11)18-15-7-5-14(6-8-15)13(3)17/h4-10,13H,17H2,1-3H3/t13-/m0/s1. The first-order chi connectivity index (χ1) is 8.56. The lowest BCUT2D eigenvalue weighted by atomic mass is 10.1. The van der Waals surface area contributed by atoms with E-state index in [9.17, 15) is 0 Å². The number of benzene rings is 2. The van der Waals surface area contributed by atoms with E-state index >= 15 is 0 Å². The molecule has 94 valence electrons. The summed E-state index contributed by atoms with van der Waals surface area (Å²) in [6.07, 6.45) is 0. The molecule has 2 aromatic carbocycles. The van der Waals surface area contributed by atoms with Gasteiger partial charge in [-0.3, -0.25) is 0 Å². The second-order valence-electron chi connectivity index (χ2n) is 4.73. The molecule has 0 spiro atoms. The molecule has 0 radical (unpaired) electrons. The molecular weight excluding hydrogens is 222 g/mol. The molecule has 18 heavy (non-hydrogen) atoms. The molecule has 0 aromatic heterocycles. The normalized spacial score (nSPS) is 12.2. The largest absolute Gasteiger partial charge is 0.457 e. The van der Waals surface area contributed by atoms with Crippen LogP contribution in [0.3, 0.4) is 0 Å². The predicted octanol–water partition coefficient (Wildman–Crippen LogP) is 4.12. The van der Waals surface area contributed by atoms with Crippen molar-refractivity contribution >= 4 is 0 Å². The summed E-state index contributed by atoms with van der Waals surface area (Å²) in [4.78, 5) is 0. The van der Waals surface area contributed by atoms with Gasteiger partial charge in [-0.25, -0.2) is 0 Å². The topological polar surface area (TPSA) is 35.2 Å². The van der Waals surface area contributed by atoms with Crippen molar-refractivity contribution in [1.82, 2.24) is 0 Å². The van der Waals surface area contributed by atoms with Gasteiger partial charge in [-0.05, 0) is 50.1 Å². The third kappa shape index (κ3) is 2.90. The lowest BCUT2D eigenvalue weighted by Crippen LogP contribution is -2.04. The number of ether oxygens (including phenoxy) is 1. The van der Waals surface area contributed by atoms with Crippen molar-refractivity contribution in [3.05, 3.63) is 59.2 Å². The van der Waals surface area contributed by atoms with E-state index in [1.807, 2.05) is 37.3 Å². The lowest BCUT2D eigenvalue weighted by molar-refractivity contribution is 0.478. The Morgan fingerprint density at radius 1 is 1.00 bits per heavy atom. The van der Waals surface area contributed by atoms with Crippen molar-refractivity contribution in [3.8, 4) is 11.5 Å². The summed E-state index contributed by atoms with van der Waals surface area (Å²) in [5, 5.41) is 0. The highest BCUT2D eigenvalue weighted by Crippen LogP contribution is 2.26. The van der Waals surface area contributed by atoms with Crippen LogP contribution in [0.1, 0.15) is 29.7 Å². The van der Waals surface area contributed by atoms with Gasteiger partial charge in [-0.2, -0.15) is 0 Å². The maximum absolute atomic E-state index is 5.86. The van der Waals surface area contributed by atoms with Crippen LogP contribution in [-0.2, 0) is 0 Å². The quantitative estimate of drug-likeness (QED) is 0.877. The van der Waals surface area contributed by atoms with Crippen LogP contribution in [-0.4, -0.2) is 0 Å². The number of aryl methyl sites for hydroxylation is 2. The molecule has 2 aromatic rings. The second kappa shape index (κ2) is 5.23. The van der Waals surface area contributed by atoms with E-state index in [1.54, 1.807) is 0 Å². The van der Waals surface area contributed by atoms with Crippen LogP contribution in [0.15, 0.2) is 42.5 Å². The van der Waals surface area contributed by atoms with E-state index in [0.717, 1.165) is 22.6 Å². The molecule has 0 saturated carbocycles. The maximum Gasteiger partial charge on any atom is 0.130 e. The van der Waals surface area contributed by atoms with E-state index < -0.39 is 0 Å². The van der Waals surface area contributed by atoms with Gasteiger partial charge < -0.3 is 10.5 Å². The van der Waals surface area contributed by atoms with Crippen molar-refractivity contribution in [1.29, 1.82) is 0 Å². The van der Waals surface area contributed by atoms with Gasteiger partial charge >= 0.3 is 0 Å². The number of nitrogens with two attached hydrogens (primary N) is 1. The third-order valence-electron chi connectivity index (χ3n) is 2.96. The summed E-state index contributed by atoms with van der Waals surface area (Å²) in [6, 6.07) is 14.2. The van der Waals surface area contributed by atoms with Crippen molar-refractivity contribution in [2.45, 2.75) is 26.8 Å². The van der Waals surface area contributed by atoms with E-state index in [2.05, 4.69) is 26.0 Å². The molecule has 1 atom stereocenters. The van der Waals surface area contributed by atoms with Crippen LogP contribution in [0.4, 0.5) is 0 Å². The van der Waals surface area contributed by atoms with E-state index in [-0.39, 0.29) is 6.04 Å². The van der Waals surface area contributed by atoms with E-state index in [0.29, 0.717) is 0 Å². The highest BCUT2D eigenvalue weighted by molar-refractivity contribution is 5.40. The van der Waals surface area contributed by atoms with Gasteiger partial charge in [0, 0.05) is 6.04 Å². The highest BCUT2D eigenvalue weighted by Gasteiger charge is 2.03. The van der Waals surface area contributed by atoms with Crippen LogP contribution in [0.25, 0.3) is 0 Å². The van der Waals surface area contributed by atoms with Crippen LogP contribution >= 0.6 is 0 Å². The smallest absolute Gasteiger partial charge is 0.130 e. The summed E-state index contributed by atoms with van der Waals surface area (Å²) in [5.74, 6) is 1.74. The van der Waals surface area contributed by atoms with Gasteiger partial charge in [-0.1, -0.05) is 29.8 Å². The maximum atomic E-state index is 5.86. The summed E-state index contributed by atoms with van der Waals surface area (Å²) in [5.41, 5.74) is 9.32. The Morgan fingerprint density at radius 2 is 1.67 bits per heavy atom. The number of rotatable bonds is 3. The van der Waals surface area contributed by atoms with Crippen LogP contribution in [0.5, 0.6) is 11.5 Å². The summed E-state index contributed by atoms with van der Waals surface area (Å²) < 4.78 is 5.86. The average Bonchev–Trinajstić information content (AvgIpc) is 2.33. The number of hydrogen-bond acceptors (Lipinski definition) is 2. The molecule has 0 aliphatic heterocycles. The van der Waals surface area contributed by atoms with Crippen LogP contribution in [0.2, 0.25) is 0 Å². The van der Waals surface area contributed by atoms with Gasteiger partial charge in [0.05, 0.1) is 0 Å². The Bertz CT molecular complexity index is 529. The minimum absolute atomic E-state index is 0.0557. The third-order valence-corrected chi connectivity index (χ3v) is 2.96. The molecule has 0 bridgehead atoms. The van der Waals surface area contributed by atoms with Gasteiger partial charge in [0.2, 0.25) is 0 Å². The van der Waals surface area contributed by atoms with Gasteiger partial charge in [0.15, 0.2) is 0 Å². The van der Waals surface area contributed by atoms with Gasteiger partial charge in [0.25, 0.3) is 0 Å². The molecule has 2 heteroatoms. The second-order valence-corrected chi connectivity index (χ2v) is 4.73. The monoisotopic (exact) mass is 241 g/mol. The zero-order chi connectivity index (χ0) is 13.1. The Kier molecular flexibility index (Phi) is 3.68. The first kappa shape index (κ1) is 12.7. The van der Waals surface area contributed by atoms with Gasteiger partial charge in [0.1, 0.15) is 11.5 Å². The fourth-order valence-electron chi connectivity index (χ4n) is 1.88. The molecule has 0 heterocycles. The van der Waals surface area contributed by atoms with Crippen molar-refractivity contribution in [3.63, 3.8) is 0 Å². The van der Waals surface area contributed by atoms with Crippen LogP contribution in [0, 0.1) is 13.8 Å². The minimum atomic E-state index is 0.0557. The highest BCUT2D eigenvalue weighted by atomic mass is 16.5. The molecule has 0 aliphatic rings. The van der Waals surface area contributed by atoms with Crippen LogP contribution < -0.4 is 10.5 Å². The molecule has 0 fully saturated rings. The van der Waals surface area contributed by atoms with E-state index in [1.165, 1.54) is 5.56 Å². The Labute approximate surface area is 108 Å². The first-order valence-corrected chi connectivity index (χ1v) is 6.17. The zero-order valence-electron chi connectivity index (χ0n) is 11.1. The SMILES string of the molecule is Cc1ccc(Oc2ccc([C@H](C)N)cc2)c(C)c1. The Morgan fingerprint density at radius 3 is 2.22 bits per heavy atom. The molecule has 0 amide bonds.